The summed E-state index contributed by atoms with van der Waals surface area (Å²) in [6.45, 7) is 1.90. The highest BCUT2D eigenvalue weighted by atomic mass is 16.4. The van der Waals surface area contributed by atoms with E-state index < -0.39 is 5.97 Å². The van der Waals surface area contributed by atoms with E-state index in [2.05, 4.69) is 10.1 Å². The minimum atomic E-state index is -0.832. The molecule has 2 heterocycles. The number of aromatic nitrogens is 3. The number of fused-ring (bicyclic) bond motifs is 1. The van der Waals surface area contributed by atoms with E-state index in [0.717, 1.165) is 24.1 Å². The highest BCUT2D eigenvalue weighted by Gasteiger charge is 2.32. The van der Waals surface area contributed by atoms with Crippen LogP contribution in [0.1, 0.15) is 18.5 Å². The summed E-state index contributed by atoms with van der Waals surface area (Å²) in [5, 5.41) is 13.3. The van der Waals surface area contributed by atoms with Crippen LogP contribution in [-0.2, 0) is 4.79 Å². The van der Waals surface area contributed by atoms with Gasteiger partial charge in [-0.3, -0.25) is 4.79 Å². The van der Waals surface area contributed by atoms with Gasteiger partial charge in [-0.15, -0.1) is 0 Å². The van der Waals surface area contributed by atoms with Crippen LogP contribution in [0.25, 0.3) is 5.52 Å². The zero-order valence-electron chi connectivity index (χ0n) is 10.1. The lowest BCUT2D eigenvalue weighted by atomic mass is 10.3. The van der Waals surface area contributed by atoms with Crippen LogP contribution in [0.4, 0.5) is 5.82 Å². The molecule has 0 atom stereocenters. The second-order valence-electron chi connectivity index (χ2n) is 4.62. The van der Waals surface area contributed by atoms with Gasteiger partial charge in [0.25, 0.3) is 0 Å². The smallest absolute Gasteiger partial charge is 0.323 e. The first kappa shape index (κ1) is 11.0. The maximum atomic E-state index is 11.0. The zero-order valence-corrected chi connectivity index (χ0v) is 10.1. The van der Waals surface area contributed by atoms with E-state index in [-0.39, 0.29) is 6.54 Å². The van der Waals surface area contributed by atoms with E-state index >= 15 is 0 Å². The summed E-state index contributed by atoms with van der Waals surface area (Å²) in [4.78, 5) is 17.2. The molecule has 1 saturated carbocycles. The second-order valence-corrected chi connectivity index (χ2v) is 4.62. The zero-order chi connectivity index (χ0) is 12.7. The summed E-state index contributed by atoms with van der Waals surface area (Å²) >= 11 is 0. The molecule has 3 rings (SSSR count). The third-order valence-corrected chi connectivity index (χ3v) is 3.06. The molecule has 0 saturated heterocycles. The molecule has 18 heavy (non-hydrogen) atoms. The Labute approximate surface area is 104 Å². The van der Waals surface area contributed by atoms with Crippen molar-refractivity contribution in [3.05, 3.63) is 24.2 Å². The van der Waals surface area contributed by atoms with Crippen LogP contribution in [-0.4, -0.2) is 38.3 Å². The molecule has 94 valence electrons. The van der Waals surface area contributed by atoms with Gasteiger partial charge in [-0.05, 0) is 25.8 Å². The van der Waals surface area contributed by atoms with E-state index in [1.165, 1.54) is 0 Å². The SMILES string of the molecule is Cc1cc2c(N(CC(=O)O)C3CC3)nccn2n1. The Morgan fingerprint density at radius 1 is 1.61 bits per heavy atom. The van der Waals surface area contributed by atoms with Gasteiger partial charge in [-0.1, -0.05) is 0 Å². The molecule has 0 spiro atoms. The lowest BCUT2D eigenvalue weighted by molar-refractivity contribution is -0.135. The maximum absolute atomic E-state index is 11.0. The highest BCUT2D eigenvalue weighted by molar-refractivity contribution is 5.78. The number of aliphatic carboxylic acids is 1. The van der Waals surface area contributed by atoms with Gasteiger partial charge in [-0.2, -0.15) is 5.10 Å². The van der Waals surface area contributed by atoms with Crippen molar-refractivity contribution in [3.8, 4) is 0 Å². The first-order chi connectivity index (χ1) is 8.65. The van der Waals surface area contributed by atoms with Crippen molar-refractivity contribution in [1.29, 1.82) is 0 Å². The fourth-order valence-corrected chi connectivity index (χ4v) is 2.16. The minimum Gasteiger partial charge on any atom is -0.480 e. The van der Waals surface area contributed by atoms with Crippen LogP contribution < -0.4 is 4.90 Å². The summed E-state index contributed by atoms with van der Waals surface area (Å²) in [7, 11) is 0. The Bertz CT molecular complexity index is 603. The Morgan fingerprint density at radius 3 is 3.06 bits per heavy atom. The lowest BCUT2D eigenvalue weighted by Crippen LogP contribution is -2.32. The predicted octanol–water partition coefficient (Wildman–Crippen LogP) is 1.09. The van der Waals surface area contributed by atoms with Gasteiger partial charge in [0.15, 0.2) is 5.82 Å². The molecule has 6 heteroatoms. The van der Waals surface area contributed by atoms with Crippen molar-refractivity contribution in [2.24, 2.45) is 0 Å². The number of aryl methyl sites for hydroxylation is 1. The molecule has 2 aromatic heterocycles. The van der Waals surface area contributed by atoms with Gasteiger partial charge >= 0.3 is 5.97 Å². The van der Waals surface area contributed by atoms with Gasteiger partial charge < -0.3 is 10.0 Å². The van der Waals surface area contributed by atoms with Crippen molar-refractivity contribution < 1.29 is 9.90 Å². The average Bonchev–Trinajstić information content (AvgIpc) is 3.06. The van der Waals surface area contributed by atoms with Crippen molar-refractivity contribution >= 4 is 17.3 Å². The van der Waals surface area contributed by atoms with E-state index in [1.54, 1.807) is 16.9 Å². The van der Waals surface area contributed by atoms with Crippen LogP contribution in [0, 0.1) is 6.92 Å². The molecule has 1 fully saturated rings. The third-order valence-electron chi connectivity index (χ3n) is 3.06. The molecule has 0 amide bonds. The Hall–Kier alpha value is -2.11. The number of hydrogen-bond donors (Lipinski definition) is 1. The van der Waals surface area contributed by atoms with Crippen LogP contribution in [0.3, 0.4) is 0 Å². The van der Waals surface area contributed by atoms with Crippen molar-refractivity contribution in [2.45, 2.75) is 25.8 Å². The number of carbonyl (C=O) groups is 1. The lowest BCUT2D eigenvalue weighted by Gasteiger charge is -2.21. The number of carboxylic acid groups (broad SMARTS) is 1. The van der Waals surface area contributed by atoms with Gasteiger partial charge in [0.05, 0.1) is 5.69 Å². The molecular weight excluding hydrogens is 232 g/mol. The first-order valence-electron chi connectivity index (χ1n) is 5.94. The number of carboxylic acids is 1. The average molecular weight is 246 g/mol. The second kappa shape index (κ2) is 3.97. The van der Waals surface area contributed by atoms with Crippen LogP contribution >= 0.6 is 0 Å². The number of nitrogens with zero attached hydrogens (tertiary/aromatic N) is 4. The van der Waals surface area contributed by atoms with Gasteiger partial charge in [0.1, 0.15) is 12.1 Å². The topological polar surface area (TPSA) is 70.7 Å². The minimum absolute atomic E-state index is 0.0123. The monoisotopic (exact) mass is 246 g/mol. The molecule has 1 aliphatic rings. The molecular formula is C12H14N4O2. The molecule has 0 aromatic carbocycles. The summed E-state index contributed by atoms with van der Waals surface area (Å²) in [6.07, 6.45) is 5.50. The molecule has 1 aliphatic carbocycles. The molecule has 0 bridgehead atoms. The van der Waals surface area contributed by atoms with E-state index in [0.29, 0.717) is 11.9 Å². The van der Waals surface area contributed by atoms with E-state index in [9.17, 15) is 4.79 Å². The molecule has 0 aliphatic heterocycles. The van der Waals surface area contributed by atoms with Crippen LogP contribution in [0.5, 0.6) is 0 Å². The fraction of sp³-hybridized carbons (Fsp3) is 0.417. The summed E-state index contributed by atoms with van der Waals surface area (Å²) in [5.74, 6) is -0.120. The van der Waals surface area contributed by atoms with E-state index in [4.69, 9.17) is 5.11 Å². The molecule has 1 N–H and O–H groups in total. The number of anilines is 1. The normalized spacial score (nSPS) is 14.9. The van der Waals surface area contributed by atoms with Gasteiger partial charge in [0, 0.05) is 18.4 Å². The molecule has 6 nitrogen and oxygen atoms in total. The Kier molecular flexibility index (Phi) is 2.43. The van der Waals surface area contributed by atoms with Crippen LogP contribution in [0.2, 0.25) is 0 Å². The molecule has 0 radical (unpaired) electrons. The highest BCUT2D eigenvalue weighted by Crippen LogP contribution is 2.32. The number of rotatable bonds is 4. The van der Waals surface area contributed by atoms with Crippen LogP contribution in [0.15, 0.2) is 18.5 Å². The predicted molar refractivity (Wildman–Crippen MR) is 65.7 cm³/mol. The summed E-state index contributed by atoms with van der Waals surface area (Å²) in [6, 6.07) is 2.23. The summed E-state index contributed by atoms with van der Waals surface area (Å²) in [5.41, 5.74) is 1.76. The maximum Gasteiger partial charge on any atom is 0.323 e. The van der Waals surface area contributed by atoms with Gasteiger partial charge in [0.2, 0.25) is 0 Å². The fourth-order valence-electron chi connectivity index (χ4n) is 2.16. The largest absolute Gasteiger partial charge is 0.480 e. The molecule has 2 aromatic rings. The van der Waals surface area contributed by atoms with E-state index in [1.807, 2.05) is 17.9 Å². The van der Waals surface area contributed by atoms with Crippen molar-refractivity contribution in [1.82, 2.24) is 14.6 Å². The van der Waals surface area contributed by atoms with Gasteiger partial charge in [-0.25, -0.2) is 9.50 Å². The number of hydrogen-bond acceptors (Lipinski definition) is 4. The first-order valence-corrected chi connectivity index (χ1v) is 5.94. The van der Waals surface area contributed by atoms with Crippen molar-refractivity contribution in [2.75, 3.05) is 11.4 Å². The summed E-state index contributed by atoms with van der Waals surface area (Å²) < 4.78 is 1.74. The molecule has 0 unspecified atom stereocenters. The Balaban J connectivity index is 2.07. The third kappa shape index (κ3) is 1.90. The standard InChI is InChI=1S/C12H14N4O2/c1-8-6-10-12(13-4-5-16(10)14-8)15(7-11(17)18)9-2-3-9/h4-6,9H,2-3,7H2,1H3,(H,17,18). The van der Waals surface area contributed by atoms with Crippen molar-refractivity contribution in [3.63, 3.8) is 0 Å². The quantitative estimate of drug-likeness (QED) is 0.874. The Morgan fingerprint density at radius 2 is 2.39 bits per heavy atom.